The Kier molecular flexibility index (Phi) is 2.63. The van der Waals surface area contributed by atoms with Crippen LogP contribution in [0.4, 0.5) is 0 Å². The molecule has 2 unspecified atom stereocenters. The number of rotatable bonds is 1. The van der Waals surface area contributed by atoms with Crippen molar-refractivity contribution in [3.05, 3.63) is 18.2 Å². The number of nitrogens with two attached hydrogens (primary N) is 1. The monoisotopic (exact) mass is 234 g/mol. The van der Waals surface area contributed by atoms with Crippen molar-refractivity contribution in [1.82, 2.24) is 14.5 Å². The van der Waals surface area contributed by atoms with E-state index in [2.05, 4.69) is 9.55 Å². The molecule has 1 aliphatic heterocycles. The first-order valence-corrected chi connectivity index (χ1v) is 6.28. The Hall–Kier alpha value is -1.36. The van der Waals surface area contributed by atoms with E-state index in [-0.39, 0.29) is 17.9 Å². The fraction of sp³-hybridized carbons (Fsp3) is 0.667. The minimum atomic E-state index is 0.145. The van der Waals surface area contributed by atoms with Gasteiger partial charge in [0.2, 0.25) is 5.91 Å². The fourth-order valence-electron chi connectivity index (χ4n) is 2.86. The molecule has 5 nitrogen and oxygen atoms in total. The van der Waals surface area contributed by atoms with Gasteiger partial charge in [-0.1, -0.05) is 0 Å². The average Bonchev–Trinajstić information content (AvgIpc) is 2.95. The van der Waals surface area contributed by atoms with Crippen LogP contribution < -0.4 is 5.73 Å². The predicted octanol–water partition coefficient (Wildman–Crippen LogP) is 0.353. The quantitative estimate of drug-likeness (QED) is 0.762. The zero-order valence-corrected chi connectivity index (χ0v) is 9.88. The summed E-state index contributed by atoms with van der Waals surface area (Å²) in [4.78, 5) is 18.5. The Balaban J connectivity index is 1.68. The molecule has 0 aromatic carbocycles. The van der Waals surface area contributed by atoms with E-state index in [1.54, 1.807) is 6.20 Å². The van der Waals surface area contributed by atoms with Crippen LogP contribution in [0.5, 0.6) is 0 Å². The first kappa shape index (κ1) is 10.8. The second kappa shape index (κ2) is 4.14. The Bertz CT molecular complexity index is 428. The molecule has 5 heteroatoms. The van der Waals surface area contributed by atoms with E-state index in [0.29, 0.717) is 6.54 Å². The Morgan fingerprint density at radius 1 is 1.41 bits per heavy atom. The molecule has 0 saturated heterocycles. The summed E-state index contributed by atoms with van der Waals surface area (Å²) >= 11 is 0. The highest BCUT2D eigenvalue weighted by molar-refractivity contribution is 5.79. The number of aromatic nitrogens is 2. The molecule has 2 atom stereocenters. The van der Waals surface area contributed by atoms with E-state index in [1.807, 2.05) is 11.1 Å². The number of amides is 1. The summed E-state index contributed by atoms with van der Waals surface area (Å²) in [7, 11) is 0. The van der Waals surface area contributed by atoms with Gasteiger partial charge < -0.3 is 15.2 Å². The first-order valence-electron chi connectivity index (χ1n) is 6.28. The molecule has 1 fully saturated rings. The fourth-order valence-corrected chi connectivity index (χ4v) is 2.86. The second-order valence-corrected chi connectivity index (χ2v) is 5.07. The lowest BCUT2D eigenvalue weighted by molar-refractivity contribution is -0.136. The summed E-state index contributed by atoms with van der Waals surface area (Å²) < 4.78 is 2.12. The molecule has 1 amide bonds. The highest BCUT2D eigenvalue weighted by atomic mass is 16.2. The molecule has 92 valence electrons. The number of hydrogen-bond acceptors (Lipinski definition) is 3. The van der Waals surface area contributed by atoms with Crippen LogP contribution >= 0.6 is 0 Å². The molecule has 0 bridgehead atoms. The Morgan fingerprint density at radius 2 is 2.29 bits per heavy atom. The number of nitrogens with zero attached hydrogens (tertiary/aromatic N) is 3. The van der Waals surface area contributed by atoms with Gasteiger partial charge in [-0.3, -0.25) is 4.79 Å². The maximum absolute atomic E-state index is 12.3. The summed E-state index contributed by atoms with van der Waals surface area (Å²) in [5.41, 5.74) is 5.87. The summed E-state index contributed by atoms with van der Waals surface area (Å²) in [6, 6.07) is 0.218. The van der Waals surface area contributed by atoms with Crippen molar-refractivity contribution < 1.29 is 4.79 Å². The van der Waals surface area contributed by atoms with Crippen LogP contribution in [0.3, 0.4) is 0 Å². The highest BCUT2D eigenvalue weighted by Crippen LogP contribution is 2.27. The molecular weight excluding hydrogens is 216 g/mol. The molecule has 2 aliphatic rings. The van der Waals surface area contributed by atoms with Gasteiger partial charge in [0.15, 0.2) is 0 Å². The van der Waals surface area contributed by atoms with E-state index in [0.717, 1.165) is 38.2 Å². The standard InChI is InChI=1S/C12H18N4O/c13-10-2-1-9(7-10)12(17)16-6-5-15-4-3-14-11(15)8-16/h3-4,9-10H,1-2,5-8,13H2. The van der Waals surface area contributed by atoms with Crippen LogP contribution in [-0.2, 0) is 17.9 Å². The largest absolute Gasteiger partial charge is 0.333 e. The summed E-state index contributed by atoms with van der Waals surface area (Å²) in [5.74, 6) is 1.41. The van der Waals surface area contributed by atoms with Gasteiger partial charge in [0.05, 0.1) is 6.54 Å². The number of imidazole rings is 1. The molecule has 17 heavy (non-hydrogen) atoms. The van der Waals surface area contributed by atoms with Crippen molar-refractivity contribution in [3.8, 4) is 0 Å². The molecule has 1 saturated carbocycles. The Morgan fingerprint density at radius 3 is 3.06 bits per heavy atom. The number of carbonyl (C=O) groups excluding carboxylic acids is 1. The molecule has 2 heterocycles. The van der Waals surface area contributed by atoms with E-state index in [9.17, 15) is 4.79 Å². The van der Waals surface area contributed by atoms with E-state index in [1.165, 1.54) is 0 Å². The van der Waals surface area contributed by atoms with Crippen molar-refractivity contribution in [2.75, 3.05) is 6.54 Å². The summed E-state index contributed by atoms with van der Waals surface area (Å²) in [5, 5.41) is 0. The zero-order valence-electron chi connectivity index (χ0n) is 9.88. The maximum Gasteiger partial charge on any atom is 0.226 e. The topological polar surface area (TPSA) is 64.2 Å². The van der Waals surface area contributed by atoms with Gasteiger partial charge in [-0.25, -0.2) is 4.98 Å². The van der Waals surface area contributed by atoms with Gasteiger partial charge in [-0.15, -0.1) is 0 Å². The molecule has 1 aliphatic carbocycles. The third kappa shape index (κ3) is 1.95. The number of hydrogen-bond donors (Lipinski definition) is 1. The minimum absolute atomic E-state index is 0.145. The van der Waals surface area contributed by atoms with Crippen LogP contribution in [0.25, 0.3) is 0 Å². The molecule has 1 aromatic rings. The Labute approximate surface area is 101 Å². The third-order valence-electron chi connectivity index (χ3n) is 3.88. The second-order valence-electron chi connectivity index (χ2n) is 5.07. The average molecular weight is 234 g/mol. The van der Waals surface area contributed by atoms with Gasteiger partial charge in [0, 0.05) is 37.4 Å². The summed E-state index contributed by atoms with van der Waals surface area (Å²) in [6.07, 6.45) is 6.56. The molecule has 1 aromatic heterocycles. The van der Waals surface area contributed by atoms with Crippen molar-refractivity contribution in [1.29, 1.82) is 0 Å². The van der Waals surface area contributed by atoms with Crippen molar-refractivity contribution in [2.24, 2.45) is 11.7 Å². The van der Waals surface area contributed by atoms with Crippen molar-refractivity contribution in [3.63, 3.8) is 0 Å². The first-order chi connectivity index (χ1) is 8.24. The highest BCUT2D eigenvalue weighted by Gasteiger charge is 2.32. The van der Waals surface area contributed by atoms with Crippen LogP contribution in [0, 0.1) is 5.92 Å². The lowest BCUT2D eigenvalue weighted by atomic mass is 10.1. The third-order valence-corrected chi connectivity index (χ3v) is 3.88. The number of fused-ring (bicyclic) bond motifs is 1. The smallest absolute Gasteiger partial charge is 0.226 e. The van der Waals surface area contributed by atoms with Crippen LogP contribution in [-0.4, -0.2) is 32.9 Å². The SMILES string of the molecule is NC1CCC(C(=O)N2CCn3ccnc3C2)C1. The lowest BCUT2D eigenvalue weighted by Gasteiger charge is -2.29. The normalized spacial score (nSPS) is 28.2. The molecule has 0 spiro atoms. The van der Waals surface area contributed by atoms with Crippen molar-refractivity contribution in [2.45, 2.75) is 38.4 Å². The molecule has 0 radical (unpaired) electrons. The lowest BCUT2D eigenvalue weighted by Crippen LogP contribution is -2.41. The van der Waals surface area contributed by atoms with Gasteiger partial charge in [-0.2, -0.15) is 0 Å². The van der Waals surface area contributed by atoms with Crippen LogP contribution in [0.15, 0.2) is 12.4 Å². The predicted molar refractivity (Wildman–Crippen MR) is 63.0 cm³/mol. The van der Waals surface area contributed by atoms with Gasteiger partial charge in [-0.05, 0) is 19.3 Å². The van der Waals surface area contributed by atoms with Gasteiger partial charge >= 0.3 is 0 Å². The van der Waals surface area contributed by atoms with Gasteiger partial charge in [0.25, 0.3) is 0 Å². The maximum atomic E-state index is 12.3. The van der Waals surface area contributed by atoms with E-state index >= 15 is 0 Å². The summed E-state index contributed by atoms with van der Waals surface area (Å²) in [6.45, 7) is 2.31. The van der Waals surface area contributed by atoms with Crippen LogP contribution in [0.1, 0.15) is 25.1 Å². The minimum Gasteiger partial charge on any atom is -0.333 e. The zero-order chi connectivity index (χ0) is 11.8. The number of carbonyl (C=O) groups is 1. The molecular formula is C12H18N4O. The van der Waals surface area contributed by atoms with E-state index in [4.69, 9.17) is 5.73 Å². The van der Waals surface area contributed by atoms with Crippen LogP contribution in [0.2, 0.25) is 0 Å². The van der Waals surface area contributed by atoms with E-state index < -0.39 is 0 Å². The van der Waals surface area contributed by atoms with Gasteiger partial charge in [0.1, 0.15) is 5.82 Å². The van der Waals surface area contributed by atoms with Crippen molar-refractivity contribution >= 4 is 5.91 Å². The molecule has 2 N–H and O–H groups in total. The molecule has 3 rings (SSSR count).